The predicted octanol–water partition coefficient (Wildman–Crippen LogP) is 3.14. The maximum atomic E-state index is 12.1. The molecule has 1 atom stereocenters. The van der Waals surface area contributed by atoms with Gasteiger partial charge in [-0.25, -0.2) is 0 Å². The molecular formula is C12H14BrClN2OS. The quantitative estimate of drug-likeness (QED) is 0.821. The van der Waals surface area contributed by atoms with E-state index >= 15 is 0 Å². The first-order chi connectivity index (χ1) is 8.32. The largest absolute Gasteiger partial charge is 0.392 e. The number of benzene rings is 1. The SMILES string of the molecule is CC(C)C(NC(=O)c1cc(Br)ccc1Cl)C(N)=S. The van der Waals surface area contributed by atoms with Crippen molar-refractivity contribution in [2.75, 3.05) is 0 Å². The van der Waals surface area contributed by atoms with E-state index in [-0.39, 0.29) is 22.9 Å². The molecule has 18 heavy (non-hydrogen) atoms. The highest BCUT2D eigenvalue weighted by Crippen LogP contribution is 2.21. The highest BCUT2D eigenvalue weighted by Gasteiger charge is 2.20. The molecule has 0 saturated carbocycles. The number of halogens is 2. The Bertz CT molecular complexity index is 479. The number of hydrogen-bond acceptors (Lipinski definition) is 2. The van der Waals surface area contributed by atoms with Crippen molar-refractivity contribution in [3.63, 3.8) is 0 Å². The van der Waals surface area contributed by atoms with E-state index in [1.165, 1.54) is 0 Å². The van der Waals surface area contributed by atoms with E-state index in [0.29, 0.717) is 10.6 Å². The van der Waals surface area contributed by atoms with Crippen LogP contribution in [0, 0.1) is 5.92 Å². The number of amides is 1. The van der Waals surface area contributed by atoms with Gasteiger partial charge in [0.1, 0.15) is 0 Å². The molecule has 0 aromatic heterocycles. The van der Waals surface area contributed by atoms with Gasteiger partial charge in [0.05, 0.1) is 21.6 Å². The second-order valence-electron chi connectivity index (χ2n) is 4.22. The summed E-state index contributed by atoms with van der Waals surface area (Å²) >= 11 is 14.2. The van der Waals surface area contributed by atoms with E-state index in [0.717, 1.165) is 4.47 Å². The van der Waals surface area contributed by atoms with Crippen LogP contribution in [-0.2, 0) is 0 Å². The van der Waals surface area contributed by atoms with Crippen LogP contribution in [0.2, 0.25) is 5.02 Å². The van der Waals surface area contributed by atoms with E-state index in [1.54, 1.807) is 18.2 Å². The van der Waals surface area contributed by atoms with E-state index < -0.39 is 0 Å². The van der Waals surface area contributed by atoms with Crippen molar-refractivity contribution in [2.45, 2.75) is 19.9 Å². The Morgan fingerprint density at radius 1 is 1.50 bits per heavy atom. The Morgan fingerprint density at radius 2 is 2.11 bits per heavy atom. The fourth-order valence-electron chi connectivity index (χ4n) is 1.46. The number of thiocarbonyl (C=S) groups is 1. The molecule has 1 rings (SSSR count). The molecule has 3 nitrogen and oxygen atoms in total. The summed E-state index contributed by atoms with van der Waals surface area (Å²) in [5.74, 6) is -0.162. The molecule has 0 saturated heterocycles. The van der Waals surface area contributed by atoms with Crippen molar-refractivity contribution in [3.8, 4) is 0 Å². The van der Waals surface area contributed by atoms with Crippen molar-refractivity contribution in [1.29, 1.82) is 0 Å². The van der Waals surface area contributed by atoms with Crippen LogP contribution in [0.3, 0.4) is 0 Å². The minimum absolute atomic E-state index is 0.123. The van der Waals surface area contributed by atoms with E-state index in [4.69, 9.17) is 29.6 Å². The molecule has 1 aromatic carbocycles. The average Bonchev–Trinajstić information content (AvgIpc) is 2.28. The van der Waals surface area contributed by atoms with Crippen LogP contribution in [0.25, 0.3) is 0 Å². The molecule has 0 radical (unpaired) electrons. The molecule has 0 fully saturated rings. The van der Waals surface area contributed by atoms with Crippen LogP contribution in [0.5, 0.6) is 0 Å². The van der Waals surface area contributed by atoms with Crippen molar-refractivity contribution < 1.29 is 4.79 Å². The van der Waals surface area contributed by atoms with Gasteiger partial charge in [0.15, 0.2) is 0 Å². The van der Waals surface area contributed by atoms with Gasteiger partial charge in [0.2, 0.25) is 0 Å². The summed E-state index contributed by atoms with van der Waals surface area (Å²) in [6.07, 6.45) is 0. The molecule has 98 valence electrons. The van der Waals surface area contributed by atoms with Crippen molar-refractivity contribution in [3.05, 3.63) is 33.3 Å². The van der Waals surface area contributed by atoms with Crippen molar-refractivity contribution in [1.82, 2.24) is 5.32 Å². The summed E-state index contributed by atoms with van der Waals surface area (Å²) in [7, 11) is 0. The first kappa shape index (κ1) is 15.4. The molecule has 0 bridgehead atoms. The van der Waals surface area contributed by atoms with Crippen molar-refractivity contribution >= 4 is 50.6 Å². The normalized spacial score (nSPS) is 12.3. The topological polar surface area (TPSA) is 55.1 Å². The molecule has 0 aliphatic carbocycles. The lowest BCUT2D eigenvalue weighted by Gasteiger charge is -2.21. The smallest absolute Gasteiger partial charge is 0.253 e. The maximum absolute atomic E-state index is 12.1. The molecule has 0 aliphatic heterocycles. The summed E-state index contributed by atoms with van der Waals surface area (Å²) in [5, 5.41) is 3.18. The number of hydrogen-bond donors (Lipinski definition) is 2. The lowest BCUT2D eigenvalue weighted by atomic mass is 10.0. The fourth-order valence-corrected chi connectivity index (χ4v) is 2.35. The van der Waals surface area contributed by atoms with Gasteiger partial charge in [-0.2, -0.15) is 0 Å². The van der Waals surface area contributed by atoms with Gasteiger partial charge in [-0.05, 0) is 24.1 Å². The van der Waals surface area contributed by atoms with Crippen LogP contribution in [-0.4, -0.2) is 16.9 Å². The fraction of sp³-hybridized carbons (Fsp3) is 0.333. The van der Waals surface area contributed by atoms with Crippen LogP contribution in [0.15, 0.2) is 22.7 Å². The Hall–Kier alpha value is -0.650. The standard InChI is InChI=1S/C12H14BrClN2OS/c1-6(2)10(11(15)18)16-12(17)8-5-7(13)3-4-9(8)14/h3-6,10H,1-2H3,(H2,15,18)(H,16,17). The van der Waals surface area contributed by atoms with Gasteiger partial charge in [-0.1, -0.05) is 53.6 Å². The van der Waals surface area contributed by atoms with Gasteiger partial charge < -0.3 is 11.1 Å². The minimum atomic E-state index is -0.345. The van der Waals surface area contributed by atoms with Gasteiger partial charge in [-0.15, -0.1) is 0 Å². The lowest BCUT2D eigenvalue weighted by molar-refractivity contribution is 0.0940. The Kier molecular flexibility index (Phi) is 5.56. The Labute approximate surface area is 125 Å². The van der Waals surface area contributed by atoms with E-state index in [1.807, 2.05) is 13.8 Å². The predicted molar refractivity (Wildman–Crippen MR) is 82.0 cm³/mol. The van der Waals surface area contributed by atoms with Crippen LogP contribution >= 0.6 is 39.7 Å². The van der Waals surface area contributed by atoms with Gasteiger partial charge >= 0.3 is 0 Å². The highest BCUT2D eigenvalue weighted by molar-refractivity contribution is 9.10. The molecule has 0 heterocycles. The minimum Gasteiger partial charge on any atom is -0.392 e. The molecule has 1 unspecified atom stereocenters. The third-order valence-electron chi connectivity index (χ3n) is 2.43. The van der Waals surface area contributed by atoms with Gasteiger partial charge in [0.25, 0.3) is 5.91 Å². The Balaban J connectivity index is 2.94. The number of carbonyl (C=O) groups excluding carboxylic acids is 1. The molecule has 6 heteroatoms. The van der Waals surface area contributed by atoms with Crippen molar-refractivity contribution in [2.24, 2.45) is 11.7 Å². The van der Waals surface area contributed by atoms with Gasteiger partial charge in [0, 0.05) is 4.47 Å². The lowest BCUT2D eigenvalue weighted by Crippen LogP contribution is -2.46. The number of carbonyl (C=O) groups is 1. The molecule has 3 N–H and O–H groups in total. The third kappa shape index (κ3) is 3.93. The van der Waals surface area contributed by atoms with E-state index in [2.05, 4.69) is 21.2 Å². The van der Waals surface area contributed by atoms with E-state index in [9.17, 15) is 4.79 Å². The number of nitrogens with one attached hydrogen (secondary N) is 1. The zero-order valence-electron chi connectivity index (χ0n) is 10.0. The highest BCUT2D eigenvalue weighted by atomic mass is 79.9. The first-order valence-electron chi connectivity index (χ1n) is 5.38. The summed E-state index contributed by atoms with van der Waals surface area (Å²) in [5.41, 5.74) is 6.00. The molecule has 1 amide bonds. The van der Waals surface area contributed by atoms with Crippen LogP contribution in [0.1, 0.15) is 24.2 Å². The molecule has 0 spiro atoms. The number of nitrogens with two attached hydrogens (primary N) is 1. The Morgan fingerprint density at radius 3 is 2.61 bits per heavy atom. The first-order valence-corrected chi connectivity index (χ1v) is 6.96. The molecule has 0 aliphatic rings. The second kappa shape index (κ2) is 6.50. The maximum Gasteiger partial charge on any atom is 0.253 e. The summed E-state index contributed by atoms with van der Waals surface area (Å²) < 4.78 is 0.786. The van der Waals surface area contributed by atoms with Gasteiger partial charge in [-0.3, -0.25) is 4.79 Å². The zero-order valence-corrected chi connectivity index (χ0v) is 13.2. The number of rotatable bonds is 4. The average molecular weight is 350 g/mol. The third-order valence-corrected chi connectivity index (χ3v) is 3.51. The zero-order chi connectivity index (χ0) is 13.9. The second-order valence-corrected chi connectivity index (χ2v) is 6.02. The summed E-state index contributed by atoms with van der Waals surface area (Å²) in [6.45, 7) is 3.87. The molecule has 1 aromatic rings. The monoisotopic (exact) mass is 348 g/mol. The summed E-state index contributed by atoms with van der Waals surface area (Å²) in [4.78, 5) is 12.4. The van der Waals surface area contributed by atoms with Crippen LogP contribution in [0.4, 0.5) is 0 Å². The van der Waals surface area contributed by atoms with Crippen LogP contribution < -0.4 is 11.1 Å². The summed E-state index contributed by atoms with van der Waals surface area (Å²) in [6, 6.07) is 4.75. The molecular weight excluding hydrogens is 336 g/mol.